The summed E-state index contributed by atoms with van der Waals surface area (Å²) in [7, 11) is -3.56. The predicted octanol–water partition coefficient (Wildman–Crippen LogP) is 0.965. The van der Waals surface area contributed by atoms with E-state index >= 15 is 0 Å². The van der Waals surface area contributed by atoms with Crippen LogP contribution >= 0.6 is 15.9 Å². The molecule has 0 radical (unpaired) electrons. The van der Waals surface area contributed by atoms with E-state index in [0.29, 0.717) is 42.0 Å². The molecule has 1 amide bonds. The van der Waals surface area contributed by atoms with E-state index in [2.05, 4.69) is 21.2 Å². The minimum absolute atomic E-state index is 0.118. The van der Waals surface area contributed by atoms with E-state index < -0.39 is 10.0 Å². The number of nitrogens with zero attached hydrogens (tertiary/aromatic N) is 1. The third-order valence-corrected chi connectivity index (χ3v) is 6.23. The molecule has 2 aliphatic rings. The number of morpholine rings is 1. The van der Waals surface area contributed by atoms with Crippen LogP contribution in [-0.2, 0) is 26.0 Å². The third kappa shape index (κ3) is 2.37. The van der Waals surface area contributed by atoms with Crippen molar-refractivity contribution in [2.24, 2.45) is 0 Å². The van der Waals surface area contributed by atoms with Crippen LogP contribution in [0.4, 0.5) is 5.69 Å². The summed E-state index contributed by atoms with van der Waals surface area (Å²) in [6.07, 6.45) is 0.217. The Labute approximate surface area is 125 Å². The average Bonchev–Trinajstić information content (AvgIpc) is 2.78. The number of anilines is 1. The first-order chi connectivity index (χ1) is 9.48. The first kappa shape index (κ1) is 14.0. The van der Waals surface area contributed by atoms with Gasteiger partial charge >= 0.3 is 0 Å². The molecule has 6 nitrogen and oxygen atoms in total. The summed E-state index contributed by atoms with van der Waals surface area (Å²) in [5, 5.41) is 2.70. The Balaban J connectivity index is 2.01. The summed E-state index contributed by atoms with van der Waals surface area (Å²) < 4.78 is 32.3. The molecule has 0 unspecified atom stereocenters. The molecule has 1 aromatic carbocycles. The van der Waals surface area contributed by atoms with Crippen molar-refractivity contribution in [3.8, 4) is 0 Å². The molecule has 0 atom stereocenters. The van der Waals surface area contributed by atoms with Crippen molar-refractivity contribution in [3.05, 3.63) is 22.2 Å². The minimum atomic E-state index is -3.56. The summed E-state index contributed by atoms with van der Waals surface area (Å²) in [6, 6.07) is 3.22. The minimum Gasteiger partial charge on any atom is -0.379 e. The summed E-state index contributed by atoms with van der Waals surface area (Å²) in [5.41, 5.74) is 1.38. The molecule has 8 heteroatoms. The number of hydrogen-bond donors (Lipinski definition) is 1. The Morgan fingerprint density at radius 2 is 1.95 bits per heavy atom. The number of sulfonamides is 1. The van der Waals surface area contributed by atoms with Crippen molar-refractivity contribution in [2.45, 2.75) is 11.3 Å². The summed E-state index contributed by atoms with van der Waals surface area (Å²) in [4.78, 5) is 11.6. The molecule has 1 saturated heterocycles. The van der Waals surface area contributed by atoms with Crippen LogP contribution in [0.3, 0.4) is 0 Å². The number of amides is 1. The monoisotopic (exact) mass is 360 g/mol. The van der Waals surface area contributed by atoms with Crippen molar-refractivity contribution in [2.75, 3.05) is 31.6 Å². The number of ether oxygens (including phenoxy) is 1. The molecule has 1 N–H and O–H groups in total. The Hall–Kier alpha value is -0.960. The van der Waals surface area contributed by atoms with E-state index in [0.717, 1.165) is 0 Å². The van der Waals surface area contributed by atoms with Crippen LogP contribution in [0.15, 0.2) is 21.5 Å². The summed E-state index contributed by atoms with van der Waals surface area (Å²) >= 11 is 3.28. The molecular weight excluding hydrogens is 348 g/mol. The van der Waals surface area contributed by atoms with E-state index in [1.165, 1.54) is 4.31 Å². The van der Waals surface area contributed by atoms with Gasteiger partial charge in [0, 0.05) is 23.2 Å². The Morgan fingerprint density at radius 3 is 2.65 bits per heavy atom. The zero-order chi connectivity index (χ0) is 14.3. The van der Waals surface area contributed by atoms with Gasteiger partial charge in [-0.3, -0.25) is 4.79 Å². The second-order valence-corrected chi connectivity index (χ2v) is 7.44. The average molecular weight is 361 g/mol. The number of rotatable bonds is 2. The zero-order valence-electron chi connectivity index (χ0n) is 10.6. The largest absolute Gasteiger partial charge is 0.379 e. The van der Waals surface area contributed by atoms with Gasteiger partial charge in [0.25, 0.3) is 0 Å². The van der Waals surface area contributed by atoms with Gasteiger partial charge < -0.3 is 10.1 Å². The highest BCUT2D eigenvalue weighted by atomic mass is 79.9. The lowest BCUT2D eigenvalue weighted by molar-refractivity contribution is -0.115. The fourth-order valence-corrected chi connectivity index (χ4v) is 4.81. The lowest BCUT2D eigenvalue weighted by Gasteiger charge is -2.26. The third-order valence-electron chi connectivity index (χ3n) is 3.37. The van der Waals surface area contributed by atoms with E-state index in [-0.39, 0.29) is 17.2 Å². The number of fused-ring (bicyclic) bond motifs is 1. The van der Waals surface area contributed by atoms with Crippen LogP contribution in [0.25, 0.3) is 0 Å². The number of benzene rings is 1. The molecule has 0 bridgehead atoms. The van der Waals surface area contributed by atoms with Gasteiger partial charge in [0.05, 0.1) is 24.5 Å². The number of hydrogen-bond acceptors (Lipinski definition) is 4. The first-order valence-electron chi connectivity index (χ1n) is 6.18. The zero-order valence-corrected chi connectivity index (χ0v) is 13.0. The van der Waals surface area contributed by atoms with E-state index in [9.17, 15) is 13.2 Å². The van der Waals surface area contributed by atoms with Crippen LogP contribution in [0.5, 0.6) is 0 Å². The first-order valence-corrected chi connectivity index (χ1v) is 8.42. The molecule has 2 aliphatic heterocycles. The molecule has 20 heavy (non-hydrogen) atoms. The maximum Gasteiger partial charge on any atom is 0.244 e. The van der Waals surface area contributed by atoms with Crippen LogP contribution in [0.2, 0.25) is 0 Å². The van der Waals surface area contributed by atoms with Gasteiger partial charge in [0.2, 0.25) is 15.9 Å². The maximum atomic E-state index is 12.6. The van der Waals surface area contributed by atoms with Gasteiger partial charge in [0.1, 0.15) is 0 Å². The Morgan fingerprint density at radius 1 is 1.25 bits per heavy atom. The molecule has 0 aliphatic carbocycles. The quantitative estimate of drug-likeness (QED) is 0.852. The molecule has 0 aromatic heterocycles. The van der Waals surface area contributed by atoms with Gasteiger partial charge in [-0.1, -0.05) is 0 Å². The Kier molecular flexibility index (Phi) is 3.57. The normalized spacial score (nSPS) is 19.8. The maximum absolute atomic E-state index is 12.6. The van der Waals surface area contributed by atoms with Gasteiger partial charge in [-0.25, -0.2) is 8.42 Å². The van der Waals surface area contributed by atoms with Gasteiger partial charge in [-0.2, -0.15) is 4.31 Å². The molecule has 0 spiro atoms. The van der Waals surface area contributed by atoms with Crippen LogP contribution < -0.4 is 5.32 Å². The molecule has 3 rings (SSSR count). The highest BCUT2D eigenvalue weighted by molar-refractivity contribution is 9.10. The van der Waals surface area contributed by atoms with Crippen molar-refractivity contribution in [3.63, 3.8) is 0 Å². The highest BCUT2D eigenvalue weighted by Gasteiger charge is 2.30. The van der Waals surface area contributed by atoms with Gasteiger partial charge in [-0.15, -0.1) is 0 Å². The second kappa shape index (κ2) is 5.10. The second-order valence-electron chi connectivity index (χ2n) is 4.68. The summed E-state index contributed by atoms with van der Waals surface area (Å²) in [6.45, 7) is 1.51. The number of nitrogens with one attached hydrogen (secondary N) is 1. The van der Waals surface area contributed by atoms with Crippen LogP contribution in [0, 0.1) is 0 Å². The summed E-state index contributed by atoms with van der Waals surface area (Å²) in [5.74, 6) is -0.118. The molecular formula is C12H13BrN2O4S. The predicted molar refractivity (Wildman–Crippen MR) is 76.1 cm³/mol. The van der Waals surface area contributed by atoms with Crippen LogP contribution in [0.1, 0.15) is 5.56 Å². The van der Waals surface area contributed by atoms with E-state index in [1.807, 2.05) is 0 Å². The SMILES string of the molecule is O=C1Cc2cc(S(=O)(=O)N3CCOCC3)c(Br)cc2N1. The molecule has 1 aromatic rings. The van der Waals surface area contributed by atoms with Gasteiger partial charge in [-0.05, 0) is 33.6 Å². The van der Waals surface area contributed by atoms with Gasteiger partial charge in [0.15, 0.2) is 0 Å². The number of carbonyl (C=O) groups excluding carboxylic acids is 1. The standard InChI is InChI=1S/C12H13BrN2O4S/c13-9-7-10-8(6-12(16)14-10)5-11(9)20(17,18)15-1-3-19-4-2-15/h5,7H,1-4,6H2,(H,14,16). The van der Waals surface area contributed by atoms with Crippen molar-refractivity contribution in [1.29, 1.82) is 0 Å². The lowest BCUT2D eigenvalue weighted by atomic mass is 10.2. The van der Waals surface area contributed by atoms with Crippen molar-refractivity contribution in [1.82, 2.24) is 4.31 Å². The lowest BCUT2D eigenvalue weighted by Crippen LogP contribution is -2.40. The molecule has 108 valence electrons. The number of carbonyl (C=O) groups is 1. The number of halogens is 1. The molecule has 1 fully saturated rings. The molecule has 2 heterocycles. The van der Waals surface area contributed by atoms with Crippen LogP contribution in [-0.4, -0.2) is 44.9 Å². The topological polar surface area (TPSA) is 75.7 Å². The van der Waals surface area contributed by atoms with Crippen molar-refractivity contribution >= 4 is 37.5 Å². The van der Waals surface area contributed by atoms with E-state index in [1.54, 1.807) is 12.1 Å². The van der Waals surface area contributed by atoms with E-state index in [4.69, 9.17) is 4.74 Å². The fraction of sp³-hybridized carbons (Fsp3) is 0.417. The Bertz CT molecular complexity index is 668. The smallest absolute Gasteiger partial charge is 0.244 e. The molecule has 0 saturated carbocycles. The fourth-order valence-electron chi connectivity index (χ4n) is 2.35. The van der Waals surface area contributed by atoms with Crippen molar-refractivity contribution < 1.29 is 17.9 Å². The highest BCUT2D eigenvalue weighted by Crippen LogP contribution is 2.34.